The molecule has 1 aliphatic heterocycles. The highest BCUT2D eigenvalue weighted by Gasteiger charge is 2.31. The summed E-state index contributed by atoms with van der Waals surface area (Å²) in [4.78, 5) is 2.67. The summed E-state index contributed by atoms with van der Waals surface area (Å²) in [5, 5.41) is 0. The van der Waals surface area contributed by atoms with Crippen LogP contribution in [0.1, 0.15) is 36.3 Å². The minimum absolute atomic E-state index is 0.757. The zero-order valence-electron chi connectivity index (χ0n) is 10.4. The molecule has 1 aromatic rings. The fraction of sp³-hybridized carbons (Fsp3) is 0.600. The van der Waals surface area contributed by atoms with Gasteiger partial charge in [-0.15, -0.1) is 0 Å². The molecule has 0 saturated carbocycles. The van der Waals surface area contributed by atoms with Crippen LogP contribution in [0.4, 0.5) is 0 Å². The average Bonchev–Trinajstić information content (AvgIpc) is 2.74. The molecule has 0 aromatic heterocycles. The summed E-state index contributed by atoms with van der Waals surface area (Å²) in [6.45, 7) is 3.37. The molecule has 2 nitrogen and oxygen atoms in total. The van der Waals surface area contributed by atoms with Gasteiger partial charge in [0.2, 0.25) is 0 Å². The first kappa shape index (κ1) is 11.2. The molecule has 0 radical (unpaired) electrons. The summed E-state index contributed by atoms with van der Waals surface area (Å²) in [5.74, 6) is 0.782. The van der Waals surface area contributed by atoms with Crippen LogP contribution in [-0.4, -0.2) is 30.6 Å². The molecule has 1 fully saturated rings. The SMILES string of the molecule is NCCC1CCCN1CC1Cc2ccccc21. The second-order valence-corrected chi connectivity index (χ2v) is 5.47. The summed E-state index contributed by atoms with van der Waals surface area (Å²) >= 11 is 0. The Balaban J connectivity index is 1.62. The van der Waals surface area contributed by atoms with Gasteiger partial charge in [-0.25, -0.2) is 0 Å². The van der Waals surface area contributed by atoms with E-state index in [2.05, 4.69) is 29.2 Å². The van der Waals surface area contributed by atoms with Crippen molar-refractivity contribution in [1.29, 1.82) is 0 Å². The lowest BCUT2D eigenvalue weighted by molar-refractivity contribution is 0.223. The molecule has 2 N–H and O–H groups in total. The molecule has 1 saturated heterocycles. The van der Waals surface area contributed by atoms with Crippen molar-refractivity contribution >= 4 is 0 Å². The van der Waals surface area contributed by atoms with E-state index in [1.165, 1.54) is 38.8 Å². The normalized spacial score (nSPS) is 27.8. The molecular formula is C15H22N2. The quantitative estimate of drug-likeness (QED) is 0.858. The van der Waals surface area contributed by atoms with Crippen LogP contribution in [0, 0.1) is 0 Å². The molecule has 92 valence electrons. The molecule has 1 heterocycles. The van der Waals surface area contributed by atoms with Crippen LogP contribution in [0.2, 0.25) is 0 Å². The number of hydrogen-bond donors (Lipinski definition) is 1. The first-order valence-corrected chi connectivity index (χ1v) is 6.90. The monoisotopic (exact) mass is 230 g/mol. The standard InChI is InChI=1S/C15H22N2/c16-8-7-14-5-3-9-17(14)11-13-10-12-4-1-2-6-15(12)13/h1-2,4,6,13-14H,3,5,7-11,16H2. The van der Waals surface area contributed by atoms with Crippen LogP contribution in [0.5, 0.6) is 0 Å². The van der Waals surface area contributed by atoms with Crippen LogP contribution < -0.4 is 5.73 Å². The van der Waals surface area contributed by atoms with E-state index in [-0.39, 0.29) is 0 Å². The van der Waals surface area contributed by atoms with Crippen LogP contribution in [0.15, 0.2) is 24.3 Å². The molecule has 1 aromatic carbocycles. The third-order valence-corrected chi connectivity index (χ3v) is 4.42. The van der Waals surface area contributed by atoms with Crippen molar-refractivity contribution < 1.29 is 0 Å². The Labute approximate surface area is 104 Å². The zero-order chi connectivity index (χ0) is 11.7. The van der Waals surface area contributed by atoms with Gasteiger partial charge < -0.3 is 5.73 Å². The summed E-state index contributed by atoms with van der Waals surface area (Å²) < 4.78 is 0. The smallest absolute Gasteiger partial charge is 0.0108 e. The van der Waals surface area contributed by atoms with Crippen molar-refractivity contribution in [2.45, 2.75) is 37.6 Å². The Morgan fingerprint density at radius 3 is 3.00 bits per heavy atom. The number of likely N-dealkylation sites (tertiary alicyclic amines) is 1. The minimum Gasteiger partial charge on any atom is -0.330 e. The molecule has 2 heteroatoms. The maximum Gasteiger partial charge on any atom is 0.0108 e. The predicted molar refractivity (Wildman–Crippen MR) is 71.2 cm³/mol. The van der Waals surface area contributed by atoms with Crippen LogP contribution in [0.25, 0.3) is 0 Å². The largest absolute Gasteiger partial charge is 0.330 e. The van der Waals surface area contributed by atoms with E-state index in [0.717, 1.165) is 18.5 Å². The average molecular weight is 230 g/mol. The van der Waals surface area contributed by atoms with Gasteiger partial charge in [0.1, 0.15) is 0 Å². The van der Waals surface area contributed by atoms with Crippen molar-refractivity contribution in [3.63, 3.8) is 0 Å². The molecule has 0 amide bonds. The highest BCUT2D eigenvalue weighted by atomic mass is 15.2. The summed E-state index contributed by atoms with van der Waals surface area (Å²) in [7, 11) is 0. The van der Waals surface area contributed by atoms with E-state index >= 15 is 0 Å². The third kappa shape index (κ3) is 2.12. The van der Waals surface area contributed by atoms with Gasteiger partial charge in [0.05, 0.1) is 0 Å². The summed E-state index contributed by atoms with van der Waals surface area (Å²) in [6.07, 6.45) is 5.17. The van der Waals surface area contributed by atoms with Crippen molar-refractivity contribution in [1.82, 2.24) is 4.90 Å². The van der Waals surface area contributed by atoms with Gasteiger partial charge in [0.15, 0.2) is 0 Å². The maximum absolute atomic E-state index is 5.70. The van der Waals surface area contributed by atoms with E-state index < -0.39 is 0 Å². The second kappa shape index (κ2) is 4.79. The van der Waals surface area contributed by atoms with Gasteiger partial charge in [-0.2, -0.15) is 0 Å². The molecular weight excluding hydrogens is 208 g/mol. The van der Waals surface area contributed by atoms with Gasteiger partial charge in [-0.3, -0.25) is 4.90 Å². The molecule has 2 aliphatic rings. The lowest BCUT2D eigenvalue weighted by Crippen LogP contribution is -2.37. The number of fused-ring (bicyclic) bond motifs is 1. The topological polar surface area (TPSA) is 29.3 Å². The Morgan fingerprint density at radius 2 is 2.18 bits per heavy atom. The van der Waals surface area contributed by atoms with Gasteiger partial charge in [0, 0.05) is 18.5 Å². The maximum atomic E-state index is 5.70. The Kier molecular flexibility index (Phi) is 3.17. The van der Waals surface area contributed by atoms with Crippen molar-refractivity contribution in [3.8, 4) is 0 Å². The van der Waals surface area contributed by atoms with Crippen LogP contribution in [-0.2, 0) is 6.42 Å². The molecule has 0 spiro atoms. The Bertz CT molecular complexity index is 388. The highest BCUT2D eigenvalue weighted by Crippen LogP contribution is 2.36. The van der Waals surface area contributed by atoms with Gasteiger partial charge >= 0.3 is 0 Å². The van der Waals surface area contributed by atoms with E-state index in [1.807, 2.05) is 0 Å². The van der Waals surface area contributed by atoms with Crippen LogP contribution >= 0.6 is 0 Å². The van der Waals surface area contributed by atoms with Gasteiger partial charge in [-0.05, 0) is 49.9 Å². The van der Waals surface area contributed by atoms with Gasteiger partial charge in [-0.1, -0.05) is 24.3 Å². The van der Waals surface area contributed by atoms with E-state index in [1.54, 1.807) is 11.1 Å². The fourth-order valence-electron chi connectivity index (χ4n) is 3.46. The number of benzene rings is 1. The molecule has 17 heavy (non-hydrogen) atoms. The van der Waals surface area contributed by atoms with E-state index in [0.29, 0.717) is 0 Å². The number of nitrogens with two attached hydrogens (primary N) is 1. The number of nitrogens with zero attached hydrogens (tertiary/aromatic N) is 1. The van der Waals surface area contributed by atoms with E-state index in [9.17, 15) is 0 Å². The fourth-order valence-corrected chi connectivity index (χ4v) is 3.46. The lowest BCUT2D eigenvalue weighted by Gasteiger charge is -2.35. The Hall–Kier alpha value is -0.860. The third-order valence-electron chi connectivity index (χ3n) is 4.42. The molecule has 1 aliphatic carbocycles. The molecule has 2 atom stereocenters. The van der Waals surface area contributed by atoms with Crippen molar-refractivity contribution in [2.75, 3.05) is 19.6 Å². The zero-order valence-corrected chi connectivity index (χ0v) is 10.4. The van der Waals surface area contributed by atoms with Crippen LogP contribution in [0.3, 0.4) is 0 Å². The van der Waals surface area contributed by atoms with Crippen molar-refractivity contribution in [2.24, 2.45) is 5.73 Å². The second-order valence-electron chi connectivity index (χ2n) is 5.47. The first-order chi connectivity index (χ1) is 8.38. The molecule has 2 unspecified atom stereocenters. The predicted octanol–water partition coefficient (Wildman–Crippen LogP) is 2.14. The van der Waals surface area contributed by atoms with E-state index in [4.69, 9.17) is 5.73 Å². The summed E-state index contributed by atoms with van der Waals surface area (Å²) in [5.41, 5.74) is 8.85. The lowest BCUT2D eigenvalue weighted by atomic mass is 9.77. The van der Waals surface area contributed by atoms with Crippen molar-refractivity contribution in [3.05, 3.63) is 35.4 Å². The number of rotatable bonds is 4. The summed E-state index contributed by atoms with van der Waals surface area (Å²) in [6, 6.07) is 9.66. The van der Waals surface area contributed by atoms with Gasteiger partial charge in [0.25, 0.3) is 0 Å². The number of hydrogen-bond acceptors (Lipinski definition) is 2. The molecule has 0 bridgehead atoms. The minimum atomic E-state index is 0.757. The Morgan fingerprint density at radius 1 is 1.29 bits per heavy atom. The molecule has 3 rings (SSSR count). The highest BCUT2D eigenvalue weighted by molar-refractivity contribution is 5.40. The first-order valence-electron chi connectivity index (χ1n) is 6.90.